The Balaban J connectivity index is 1.86. The minimum absolute atomic E-state index is 0.145. The van der Waals surface area contributed by atoms with E-state index in [9.17, 15) is 4.79 Å². The molecular weight excluding hydrogens is 480 g/mol. The number of nitrogens with one attached hydrogen (secondary N) is 3. The van der Waals surface area contributed by atoms with Crippen molar-refractivity contribution in [3.63, 3.8) is 0 Å². The monoisotopic (exact) mass is 492 g/mol. The van der Waals surface area contributed by atoms with E-state index in [1.807, 2.05) is 48.5 Å². The van der Waals surface area contributed by atoms with Gasteiger partial charge in [0.15, 0.2) is 0 Å². The minimum Gasteiger partial charge on any atom is -0.480 e. The lowest BCUT2D eigenvalue weighted by atomic mass is 10.3. The largest absolute Gasteiger partial charge is 0.480 e. The molecule has 3 rings (SSSR count). The Kier molecular flexibility index (Phi) is 6.20. The molecule has 27 heavy (non-hydrogen) atoms. The molecule has 1 aromatic heterocycles. The van der Waals surface area contributed by atoms with Gasteiger partial charge in [0.05, 0.1) is 0 Å². The number of carboxylic acids is 1. The molecule has 0 saturated carbocycles. The van der Waals surface area contributed by atoms with Crippen LogP contribution >= 0.6 is 31.9 Å². The molecule has 0 amide bonds. The molecule has 4 N–H and O–H groups in total. The number of carboxylic acid groups (broad SMARTS) is 1. The molecule has 0 aliphatic rings. The first kappa shape index (κ1) is 19.1. The number of nitrogens with zero attached hydrogens (tertiary/aromatic N) is 3. The van der Waals surface area contributed by atoms with E-state index in [4.69, 9.17) is 5.11 Å². The third kappa shape index (κ3) is 5.90. The van der Waals surface area contributed by atoms with Crippen LogP contribution in [0, 0.1) is 0 Å². The number of anilines is 5. The summed E-state index contributed by atoms with van der Waals surface area (Å²) in [5, 5.41) is 17.7. The average molecular weight is 494 g/mol. The molecule has 138 valence electrons. The van der Waals surface area contributed by atoms with Gasteiger partial charge in [-0.3, -0.25) is 4.79 Å². The molecule has 3 aromatic rings. The van der Waals surface area contributed by atoms with Gasteiger partial charge in [-0.1, -0.05) is 31.9 Å². The fourth-order valence-electron chi connectivity index (χ4n) is 2.05. The first-order chi connectivity index (χ1) is 13.0. The molecule has 0 bridgehead atoms. The van der Waals surface area contributed by atoms with Crippen molar-refractivity contribution in [2.75, 3.05) is 22.5 Å². The molecule has 0 unspecified atom stereocenters. The van der Waals surface area contributed by atoms with E-state index in [2.05, 4.69) is 62.8 Å². The number of aromatic nitrogens is 3. The van der Waals surface area contributed by atoms with Crippen molar-refractivity contribution in [2.45, 2.75) is 0 Å². The van der Waals surface area contributed by atoms with Gasteiger partial charge in [-0.25, -0.2) is 0 Å². The number of carbonyl (C=O) groups is 1. The zero-order valence-corrected chi connectivity index (χ0v) is 17.0. The summed E-state index contributed by atoms with van der Waals surface area (Å²) in [4.78, 5) is 23.6. The van der Waals surface area contributed by atoms with Gasteiger partial charge in [-0.15, -0.1) is 0 Å². The number of benzene rings is 2. The normalized spacial score (nSPS) is 10.3. The number of hydrogen-bond donors (Lipinski definition) is 4. The summed E-state index contributed by atoms with van der Waals surface area (Å²) < 4.78 is 1.90. The highest BCUT2D eigenvalue weighted by Crippen LogP contribution is 2.21. The molecule has 0 spiro atoms. The smallest absolute Gasteiger partial charge is 0.322 e. The minimum atomic E-state index is -1.01. The second-order valence-electron chi connectivity index (χ2n) is 5.32. The van der Waals surface area contributed by atoms with Crippen LogP contribution in [0.25, 0.3) is 0 Å². The number of hydrogen-bond acceptors (Lipinski definition) is 7. The van der Waals surface area contributed by atoms with Gasteiger partial charge in [0, 0.05) is 20.3 Å². The Morgan fingerprint density at radius 2 is 1.19 bits per heavy atom. The van der Waals surface area contributed by atoms with Crippen LogP contribution in [0.5, 0.6) is 0 Å². The third-order valence-electron chi connectivity index (χ3n) is 3.23. The summed E-state index contributed by atoms with van der Waals surface area (Å²) >= 11 is 6.76. The quantitative estimate of drug-likeness (QED) is 0.383. The summed E-state index contributed by atoms with van der Waals surface area (Å²) in [5.41, 5.74) is 1.56. The zero-order valence-electron chi connectivity index (χ0n) is 13.8. The average Bonchev–Trinajstić information content (AvgIpc) is 2.64. The Hall–Kier alpha value is -2.72. The summed E-state index contributed by atoms with van der Waals surface area (Å²) in [6, 6.07) is 15.0. The van der Waals surface area contributed by atoms with Gasteiger partial charge >= 0.3 is 5.97 Å². The van der Waals surface area contributed by atoms with E-state index in [1.165, 1.54) is 0 Å². The van der Waals surface area contributed by atoms with Crippen LogP contribution in [0.15, 0.2) is 57.5 Å². The number of aliphatic carboxylic acids is 1. The van der Waals surface area contributed by atoms with Crippen LogP contribution < -0.4 is 16.0 Å². The van der Waals surface area contributed by atoms with Gasteiger partial charge < -0.3 is 21.1 Å². The highest BCUT2D eigenvalue weighted by atomic mass is 79.9. The van der Waals surface area contributed by atoms with Crippen molar-refractivity contribution < 1.29 is 9.90 Å². The van der Waals surface area contributed by atoms with Crippen LogP contribution in [0.2, 0.25) is 0 Å². The van der Waals surface area contributed by atoms with Crippen molar-refractivity contribution >= 4 is 67.0 Å². The summed E-state index contributed by atoms with van der Waals surface area (Å²) in [7, 11) is 0. The predicted octanol–water partition coefficient (Wildman–Crippen LogP) is 4.38. The second-order valence-corrected chi connectivity index (χ2v) is 7.15. The fraction of sp³-hybridized carbons (Fsp3) is 0.0588. The maximum atomic E-state index is 10.8. The number of rotatable bonds is 7. The molecule has 0 aliphatic carbocycles. The Morgan fingerprint density at radius 1 is 0.778 bits per heavy atom. The molecule has 2 aromatic carbocycles. The van der Waals surface area contributed by atoms with E-state index in [1.54, 1.807) is 0 Å². The van der Waals surface area contributed by atoms with Crippen molar-refractivity contribution in [3.8, 4) is 0 Å². The zero-order chi connectivity index (χ0) is 19.2. The molecule has 1 heterocycles. The van der Waals surface area contributed by atoms with Gasteiger partial charge in [0.2, 0.25) is 17.8 Å². The lowest BCUT2D eigenvalue weighted by Crippen LogP contribution is -2.16. The SMILES string of the molecule is O=C(O)CNc1nc(Nc2ccc(Br)cc2)nc(Nc2ccc(Br)cc2)n1. The van der Waals surface area contributed by atoms with Crippen molar-refractivity contribution in [1.82, 2.24) is 15.0 Å². The Labute approximate surface area is 171 Å². The summed E-state index contributed by atoms with van der Waals surface area (Å²) in [5.74, 6) is -0.313. The molecule has 10 heteroatoms. The lowest BCUT2D eigenvalue weighted by molar-refractivity contribution is -0.134. The maximum Gasteiger partial charge on any atom is 0.322 e. The van der Waals surface area contributed by atoms with E-state index in [0.717, 1.165) is 20.3 Å². The number of halogens is 2. The van der Waals surface area contributed by atoms with Gasteiger partial charge in [-0.05, 0) is 48.5 Å². The third-order valence-corrected chi connectivity index (χ3v) is 4.29. The summed E-state index contributed by atoms with van der Waals surface area (Å²) in [6.07, 6.45) is 0. The van der Waals surface area contributed by atoms with Gasteiger partial charge in [0.25, 0.3) is 0 Å². The standard InChI is InChI=1S/C17H14Br2N6O2/c18-10-1-5-12(6-2-10)21-16-23-15(20-9-14(26)27)24-17(25-16)22-13-7-3-11(19)4-8-13/h1-8H,9H2,(H,26,27)(H3,20,21,22,23,24,25). The molecule has 0 fully saturated rings. The van der Waals surface area contributed by atoms with E-state index >= 15 is 0 Å². The first-order valence-corrected chi connectivity index (χ1v) is 9.33. The molecule has 0 radical (unpaired) electrons. The Morgan fingerprint density at radius 3 is 1.59 bits per heavy atom. The van der Waals surface area contributed by atoms with E-state index in [-0.39, 0.29) is 24.4 Å². The Bertz CT molecular complexity index is 869. The van der Waals surface area contributed by atoms with Gasteiger partial charge in [-0.2, -0.15) is 15.0 Å². The van der Waals surface area contributed by atoms with Crippen molar-refractivity contribution in [2.24, 2.45) is 0 Å². The first-order valence-electron chi connectivity index (χ1n) is 7.75. The highest BCUT2D eigenvalue weighted by Gasteiger charge is 2.09. The molecular formula is C17H14Br2N6O2. The lowest BCUT2D eigenvalue weighted by Gasteiger charge is -2.11. The fourth-order valence-corrected chi connectivity index (χ4v) is 2.57. The van der Waals surface area contributed by atoms with Crippen LogP contribution in [-0.2, 0) is 4.79 Å². The molecule has 0 saturated heterocycles. The molecule has 0 aliphatic heterocycles. The maximum absolute atomic E-state index is 10.8. The summed E-state index contributed by atoms with van der Waals surface area (Å²) in [6.45, 7) is -0.306. The van der Waals surface area contributed by atoms with Crippen molar-refractivity contribution in [3.05, 3.63) is 57.5 Å². The second kappa shape index (κ2) is 8.78. The molecule has 8 nitrogen and oxygen atoms in total. The van der Waals surface area contributed by atoms with E-state index < -0.39 is 5.97 Å². The van der Waals surface area contributed by atoms with Crippen LogP contribution in [0.3, 0.4) is 0 Å². The highest BCUT2D eigenvalue weighted by molar-refractivity contribution is 9.10. The van der Waals surface area contributed by atoms with Crippen LogP contribution in [-0.4, -0.2) is 32.6 Å². The van der Waals surface area contributed by atoms with Crippen molar-refractivity contribution in [1.29, 1.82) is 0 Å². The van der Waals surface area contributed by atoms with Gasteiger partial charge in [0.1, 0.15) is 6.54 Å². The van der Waals surface area contributed by atoms with Crippen LogP contribution in [0.4, 0.5) is 29.2 Å². The van der Waals surface area contributed by atoms with E-state index in [0.29, 0.717) is 0 Å². The predicted molar refractivity (Wildman–Crippen MR) is 111 cm³/mol. The molecule has 0 atom stereocenters. The topological polar surface area (TPSA) is 112 Å². The van der Waals surface area contributed by atoms with Crippen LogP contribution in [0.1, 0.15) is 0 Å².